The number of hydrogen-bond donors (Lipinski definition) is 0. The van der Waals surface area contributed by atoms with Crippen molar-refractivity contribution in [3.8, 4) is 0 Å². The van der Waals surface area contributed by atoms with Crippen molar-refractivity contribution in [1.82, 2.24) is 14.4 Å². The van der Waals surface area contributed by atoms with Gasteiger partial charge in [-0.25, -0.2) is 8.42 Å². The fourth-order valence-electron chi connectivity index (χ4n) is 2.63. The Morgan fingerprint density at radius 3 is 2.71 bits per heavy atom. The predicted molar refractivity (Wildman–Crippen MR) is 90.6 cm³/mol. The van der Waals surface area contributed by atoms with Gasteiger partial charge in [-0.1, -0.05) is 43.6 Å². The molecule has 1 aromatic heterocycles. The fourth-order valence-corrected chi connectivity index (χ4v) is 4.43. The number of halogens is 1. The van der Waals surface area contributed by atoms with E-state index >= 15 is 0 Å². The van der Waals surface area contributed by atoms with Gasteiger partial charge in [-0.05, 0) is 24.6 Å². The SMILES string of the molecule is CC(C)(C)c1noc(C2CCN(S(=O)(=O)c3cccc(Cl)c3)C2)n1. The van der Waals surface area contributed by atoms with Gasteiger partial charge in [-0.2, -0.15) is 9.29 Å². The molecule has 1 aliphatic heterocycles. The Hall–Kier alpha value is -1.44. The van der Waals surface area contributed by atoms with Crippen molar-refractivity contribution in [3.05, 3.63) is 41.0 Å². The summed E-state index contributed by atoms with van der Waals surface area (Å²) in [6, 6.07) is 6.31. The summed E-state index contributed by atoms with van der Waals surface area (Å²) in [6.45, 7) is 6.78. The number of rotatable bonds is 3. The Bertz CT molecular complexity index is 842. The third kappa shape index (κ3) is 3.34. The minimum Gasteiger partial charge on any atom is -0.339 e. The average molecular weight is 370 g/mol. The van der Waals surface area contributed by atoms with Crippen LogP contribution in [0.25, 0.3) is 0 Å². The van der Waals surface area contributed by atoms with Crippen molar-refractivity contribution >= 4 is 21.6 Å². The van der Waals surface area contributed by atoms with Gasteiger partial charge < -0.3 is 4.52 Å². The zero-order valence-corrected chi connectivity index (χ0v) is 15.4. The van der Waals surface area contributed by atoms with E-state index in [1.54, 1.807) is 18.2 Å². The summed E-state index contributed by atoms with van der Waals surface area (Å²) in [5.41, 5.74) is -0.201. The van der Waals surface area contributed by atoms with Crippen LogP contribution in [0.2, 0.25) is 5.02 Å². The van der Waals surface area contributed by atoms with Gasteiger partial charge in [0.15, 0.2) is 5.82 Å². The van der Waals surface area contributed by atoms with Gasteiger partial charge in [-0.3, -0.25) is 0 Å². The standard InChI is InChI=1S/C16H20ClN3O3S/c1-16(2,3)15-18-14(23-19-15)11-7-8-20(10-11)24(21,22)13-6-4-5-12(17)9-13/h4-6,9,11H,7-8,10H2,1-3H3. The molecule has 24 heavy (non-hydrogen) atoms. The second kappa shape index (κ2) is 6.13. The van der Waals surface area contributed by atoms with Crippen LogP contribution >= 0.6 is 11.6 Å². The average Bonchev–Trinajstić information content (AvgIpc) is 3.16. The third-order valence-electron chi connectivity index (χ3n) is 4.05. The molecule has 0 spiro atoms. The second-order valence-corrected chi connectivity index (χ2v) is 9.39. The van der Waals surface area contributed by atoms with Crippen LogP contribution in [0.5, 0.6) is 0 Å². The van der Waals surface area contributed by atoms with Crippen molar-refractivity contribution < 1.29 is 12.9 Å². The lowest BCUT2D eigenvalue weighted by atomic mass is 9.96. The maximum atomic E-state index is 12.7. The topological polar surface area (TPSA) is 76.3 Å². The largest absolute Gasteiger partial charge is 0.339 e. The van der Waals surface area contributed by atoms with Crippen LogP contribution in [0.3, 0.4) is 0 Å². The maximum Gasteiger partial charge on any atom is 0.243 e. The quantitative estimate of drug-likeness (QED) is 0.830. The van der Waals surface area contributed by atoms with Crippen molar-refractivity contribution in [2.45, 2.75) is 43.4 Å². The van der Waals surface area contributed by atoms with Crippen LogP contribution in [-0.2, 0) is 15.4 Å². The van der Waals surface area contributed by atoms with Crippen molar-refractivity contribution in [2.24, 2.45) is 0 Å². The Morgan fingerprint density at radius 2 is 2.08 bits per heavy atom. The van der Waals surface area contributed by atoms with Gasteiger partial charge in [-0.15, -0.1) is 0 Å². The molecule has 2 heterocycles. The summed E-state index contributed by atoms with van der Waals surface area (Å²) in [7, 11) is -3.56. The first-order valence-electron chi connectivity index (χ1n) is 7.78. The lowest BCUT2D eigenvalue weighted by molar-refractivity contribution is 0.343. The van der Waals surface area contributed by atoms with Crippen LogP contribution < -0.4 is 0 Å². The van der Waals surface area contributed by atoms with Crippen LogP contribution in [0.1, 0.15) is 44.8 Å². The van der Waals surface area contributed by atoms with Gasteiger partial charge in [0.1, 0.15) is 0 Å². The van der Waals surface area contributed by atoms with Gasteiger partial charge in [0.05, 0.1) is 10.8 Å². The van der Waals surface area contributed by atoms with Crippen molar-refractivity contribution in [1.29, 1.82) is 0 Å². The molecule has 0 aliphatic carbocycles. The lowest BCUT2D eigenvalue weighted by Gasteiger charge is -2.16. The minimum absolute atomic E-state index is 0.0810. The van der Waals surface area contributed by atoms with E-state index in [0.717, 1.165) is 0 Å². The zero-order valence-electron chi connectivity index (χ0n) is 13.9. The maximum absolute atomic E-state index is 12.7. The predicted octanol–water partition coefficient (Wildman–Crippen LogP) is 3.20. The summed E-state index contributed by atoms with van der Waals surface area (Å²) in [6.07, 6.45) is 0.658. The van der Waals surface area contributed by atoms with E-state index < -0.39 is 10.0 Å². The highest BCUT2D eigenvalue weighted by Gasteiger charge is 2.36. The molecule has 1 unspecified atom stereocenters. The highest BCUT2D eigenvalue weighted by molar-refractivity contribution is 7.89. The molecule has 6 nitrogen and oxygen atoms in total. The van der Waals surface area contributed by atoms with Crippen LogP contribution in [0.15, 0.2) is 33.7 Å². The third-order valence-corrected chi connectivity index (χ3v) is 6.14. The Morgan fingerprint density at radius 1 is 1.33 bits per heavy atom. The molecule has 2 aromatic rings. The van der Waals surface area contributed by atoms with Gasteiger partial charge >= 0.3 is 0 Å². The minimum atomic E-state index is -3.56. The van der Waals surface area contributed by atoms with E-state index in [-0.39, 0.29) is 16.2 Å². The molecule has 1 saturated heterocycles. The Kier molecular flexibility index (Phi) is 4.44. The Labute approximate surface area is 146 Å². The molecule has 8 heteroatoms. The first-order valence-corrected chi connectivity index (χ1v) is 9.59. The van der Waals surface area contributed by atoms with Crippen molar-refractivity contribution in [2.75, 3.05) is 13.1 Å². The molecule has 0 saturated carbocycles. The van der Waals surface area contributed by atoms with E-state index in [0.29, 0.717) is 36.2 Å². The molecule has 0 radical (unpaired) electrons. The molecule has 0 amide bonds. The van der Waals surface area contributed by atoms with Gasteiger partial charge in [0.25, 0.3) is 0 Å². The molecule has 0 bridgehead atoms. The monoisotopic (exact) mass is 369 g/mol. The van der Waals surface area contributed by atoms with Crippen LogP contribution in [0.4, 0.5) is 0 Å². The van der Waals surface area contributed by atoms with E-state index in [1.165, 1.54) is 10.4 Å². The number of aromatic nitrogens is 2. The second-order valence-electron chi connectivity index (χ2n) is 7.01. The molecular weight excluding hydrogens is 350 g/mol. The summed E-state index contributed by atoms with van der Waals surface area (Å²) in [5.74, 6) is 1.06. The summed E-state index contributed by atoms with van der Waals surface area (Å²) >= 11 is 5.91. The highest BCUT2D eigenvalue weighted by Crippen LogP contribution is 2.32. The first kappa shape index (κ1) is 17.4. The number of nitrogens with zero attached hydrogens (tertiary/aromatic N) is 3. The molecule has 1 aromatic carbocycles. The van der Waals surface area contributed by atoms with Gasteiger partial charge in [0, 0.05) is 23.5 Å². The van der Waals surface area contributed by atoms with Crippen LogP contribution in [0, 0.1) is 0 Å². The van der Waals surface area contributed by atoms with Gasteiger partial charge in [0.2, 0.25) is 15.9 Å². The molecular formula is C16H20ClN3O3S. The molecule has 130 valence electrons. The van der Waals surface area contributed by atoms with Crippen molar-refractivity contribution in [3.63, 3.8) is 0 Å². The molecule has 0 N–H and O–H groups in total. The smallest absolute Gasteiger partial charge is 0.243 e. The van der Waals surface area contributed by atoms with E-state index in [9.17, 15) is 8.42 Å². The summed E-state index contributed by atoms with van der Waals surface area (Å²) in [4.78, 5) is 4.65. The molecule has 3 rings (SSSR count). The number of hydrogen-bond acceptors (Lipinski definition) is 5. The summed E-state index contributed by atoms with van der Waals surface area (Å²) in [5, 5.41) is 4.42. The first-order chi connectivity index (χ1) is 11.2. The van der Waals surface area contributed by atoms with E-state index in [4.69, 9.17) is 16.1 Å². The van der Waals surface area contributed by atoms with Crippen LogP contribution in [-0.4, -0.2) is 36.0 Å². The molecule has 1 fully saturated rings. The number of sulfonamides is 1. The summed E-state index contributed by atoms with van der Waals surface area (Å²) < 4.78 is 32.3. The molecule has 1 atom stereocenters. The normalized spacial score (nSPS) is 19.8. The number of benzene rings is 1. The lowest BCUT2D eigenvalue weighted by Crippen LogP contribution is -2.28. The van der Waals surface area contributed by atoms with E-state index in [1.807, 2.05) is 20.8 Å². The zero-order chi connectivity index (χ0) is 17.5. The Balaban J connectivity index is 1.79. The molecule has 1 aliphatic rings. The fraction of sp³-hybridized carbons (Fsp3) is 0.500. The van der Waals surface area contributed by atoms with E-state index in [2.05, 4.69) is 10.1 Å². The highest BCUT2D eigenvalue weighted by atomic mass is 35.5.